The summed E-state index contributed by atoms with van der Waals surface area (Å²) in [6, 6.07) is 3.98. The predicted octanol–water partition coefficient (Wildman–Crippen LogP) is 0.535. The molecule has 82 valence electrons. The summed E-state index contributed by atoms with van der Waals surface area (Å²) in [5, 5.41) is 18.1. The highest BCUT2D eigenvalue weighted by Crippen LogP contribution is 2.23. The minimum atomic E-state index is 0.0245. The van der Waals surface area contributed by atoms with Crippen molar-refractivity contribution in [3.63, 3.8) is 0 Å². The van der Waals surface area contributed by atoms with Crippen LogP contribution in [-0.4, -0.2) is 34.4 Å². The molecule has 0 saturated carbocycles. The predicted molar refractivity (Wildman–Crippen MR) is 57.6 cm³/mol. The van der Waals surface area contributed by atoms with Crippen LogP contribution in [0.4, 0.5) is 5.82 Å². The molecule has 4 heteroatoms. The van der Waals surface area contributed by atoms with E-state index in [1.165, 1.54) is 0 Å². The maximum Gasteiger partial charge on any atom is 0.128 e. The standard InChI is InChI=1S/C11H16N2O2/c14-7-9-3-4-11(12-6-9)13-5-1-2-10(13)8-15/h3-4,6,10,14-15H,1-2,5,7-8H2. The van der Waals surface area contributed by atoms with Crippen LogP contribution in [0.2, 0.25) is 0 Å². The highest BCUT2D eigenvalue weighted by Gasteiger charge is 2.24. The molecule has 1 saturated heterocycles. The minimum absolute atomic E-state index is 0.0245. The fraction of sp³-hybridized carbons (Fsp3) is 0.545. The third kappa shape index (κ3) is 2.11. The van der Waals surface area contributed by atoms with Gasteiger partial charge >= 0.3 is 0 Å². The normalized spacial score (nSPS) is 20.9. The molecule has 1 aromatic heterocycles. The quantitative estimate of drug-likeness (QED) is 0.761. The van der Waals surface area contributed by atoms with Crippen molar-refractivity contribution in [2.75, 3.05) is 18.1 Å². The molecule has 1 aliphatic rings. The van der Waals surface area contributed by atoms with Crippen molar-refractivity contribution in [2.45, 2.75) is 25.5 Å². The van der Waals surface area contributed by atoms with Gasteiger partial charge in [-0.25, -0.2) is 4.98 Å². The SMILES string of the molecule is OCc1ccc(N2CCCC2CO)nc1. The first-order valence-corrected chi connectivity index (χ1v) is 5.28. The van der Waals surface area contributed by atoms with Gasteiger partial charge < -0.3 is 15.1 Å². The van der Waals surface area contributed by atoms with Crippen molar-refractivity contribution >= 4 is 5.82 Å². The lowest BCUT2D eigenvalue weighted by Crippen LogP contribution is -2.32. The number of hydrogen-bond acceptors (Lipinski definition) is 4. The van der Waals surface area contributed by atoms with E-state index in [4.69, 9.17) is 5.11 Å². The van der Waals surface area contributed by atoms with Crippen molar-refractivity contribution in [3.05, 3.63) is 23.9 Å². The molecule has 15 heavy (non-hydrogen) atoms. The van der Waals surface area contributed by atoms with Crippen molar-refractivity contribution in [2.24, 2.45) is 0 Å². The van der Waals surface area contributed by atoms with Gasteiger partial charge in [0.05, 0.1) is 19.3 Å². The Morgan fingerprint density at radius 2 is 2.27 bits per heavy atom. The Labute approximate surface area is 89.2 Å². The van der Waals surface area contributed by atoms with Crippen LogP contribution >= 0.6 is 0 Å². The molecule has 1 fully saturated rings. The summed E-state index contributed by atoms with van der Waals surface area (Å²) < 4.78 is 0. The fourth-order valence-electron chi connectivity index (χ4n) is 2.01. The number of anilines is 1. The molecule has 0 aliphatic carbocycles. The van der Waals surface area contributed by atoms with Gasteiger partial charge in [0.15, 0.2) is 0 Å². The largest absolute Gasteiger partial charge is 0.394 e. The Hall–Kier alpha value is -1.13. The molecule has 2 rings (SSSR count). The summed E-state index contributed by atoms with van der Waals surface area (Å²) in [5.41, 5.74) is 0.818. The molecule has 1 aromatic rings. The van der Waals surface area contributed by atoms with Gasteiger partial charge in [0, 0.05) is 12.7 Å². The second kappa shape index (κ2) is 4.59. The molecule has 0 amide bonds. The number of pyridine rings is 1. The minimum Gasteiger partial charge on any atom is -0.394 e. The third-order valence-electron chi connectivity index (χ3n) is 2.87. The van der Waals surface area contributed by atoms with E-state index in [0.717, 1.165) is 30.8 Å². The Morgan fingerprint density at radius 1 is 1.40 bits per heavy atom. The van der Waals surface area contributed by atoms with Crippen LogP contribution in [0.1, 0.15) is 18.4 Å². The first-order valence-electron chi connectivity index (χ1n) is 5.28. The van der Waals surface area contributed by atoms with Gasteiger partial charge in [0.2, 0.25) is 0 Å². The average molecular weight is 208 g/mol. The smallest absolute Gasteiger partial charge is 0.128 e. The lowest BCUT2D eigenvalue weighted by atomic mass is 10.2. The number of aromatic nitrogens is 1. The summed E-state index contributed by atoms with van der Waals surface area (Å²) in [4.78, 5) is 6.41. The van der Waals surface area contributed by atoms with Crippen LogP contribution in [0.5, 0.6) is 0 Å². The number of aliphatic hydroxyl groups excluding tert-OH is 2. The lowest BCUT2D eigenvalue weighted by Gasteiger charge is -2.23. The van der Waals surface area contributed by atoms with Gasteiger partial charge in [-0.3, -0.25) is 0 Å². The Bertz CT molecular complexity index is 313. The van der Waals surface area contributed by atoms with E-state index < -0.39 is 0 Å². The fourth-order valence-corrected chi connectivity index (χ4v) is 2.01. The highest BCUT2D eigenvalue weighted by molar-refractivity contribution is 5.41. The molecule has 2 heterocycles. The maximum absolute atomic E-state index is 9.19. The van der Waals surface area contributed by atoms with Crippen LogP contribution < -0.4 is 4.90 Å². The van der Waals surface area contributed by atoms with E-state index in [0.29, 0.717) is 0 Å². The summed E-state index contributed by atoms with van der Waals surface area (Å²) in [7, 11) is 0. The monoisotopic (exact) mass is 208 g/mol. The maximum atomic E-state index is 9.19. The molecule has 0 aromatic carbocycles. The van der Waals surface area contributed by atoms with Gasteiger partial charge in [-0.1, -0.05) is 6.07 Å². The molecule has 2 N–H and O–H groups in total. The van der Waals surface area contributed by atoms with Crippen LogP contribution in [0.15, 0.2) is 18.3 Å². The zero-order valence-electron chi connectivity index (χ0n) is 8.63. The lowest BCUT2D eigenvalue weighted by molar-refractivity contribution is 0.266. The molecule has 4 nitrogen and oxygen atoms in total. The highest BCUT2D eigenvalue weighted by atomic mass is 16.3. The topological polar surface area (TPSA) is 56.6 Å². The number of nitrogens with zero attached hydrogens (tertiary/aromatic N) is 2. The molecular formula is C11H16N2O2. The zero-order chi connectivity index (χ0) is 10.7. The molecule has 1 unspecified atom stereocenters. The van der Waals surface area contributed by atoms with E-state index in [1.54, 1.807) is 6.20 Å². The second-order valence-corrected chi connectivity index (χ2v) is 3.85. The molecule has 1 aliphatic heterocycles. The van der Waals surface area contributed by atoms with E-state index >= 15 is 0 Å². The second-order valence-electron chi connectivity index (χ2n) is 3.85. The van der Waals surface area contributed by atoms with E-state index in [1.807, 2.05) is 12.1 Å². The van der Waals surface area contributed by atoms with E-state index in [-0.39, 0.29) is 19.3 Å². The van der Waals surface area contributed by atoms with Crippen molar-refractivity contribution in [1.29, 1.82) is 0 Å². The van der Waals surface area contributed by atoms with Gasteiger partial charge in [0.1, 0.15) is 5.82 Å². The molecular weight excluding hydrogens is 192 g/mol. The van der Waals surface area contributed by atoms with Crippen molar-refractivity contribution < 1.29 is 10.2 Å². The first kappa shape index (κ1) is 10.4. The van der Waals surface area contributed by atoms with E-state index in [2.05, 4.69) is 9.88 Å². The van der Waals surface area contributed by atoms with Crippen molar-refractivity contribution in [3.8, 4) is 0 Å². The van der Waals surface area contributed by atoms with Crippen LogP contribution in [0.3, 0.4) is 0 Å². The van der Waals surface area contributed by atoms with Crippen LogP contribution in [0.25, 0.3) is 0 Å². The Morgan fingerprint density at radius 3 is 2.87 bits per heavy atom. The zero-order valence-corrected chi connectivity index (χ0v) is 8.63. The van der Waals surface area contributed by atoms with E-state index in [9.17, 15) is 5.11 Å². The molecule has 0 spiro atoms. The van der Waals surface area contributed by atoms with Gasteiger partial charge in [-0.15, -0.1) is 0 Å². The van der Waals surface area contributed by atoms with Gasteiger partial charge in [-0.2, -0.15) is 0 Å². The summed E-state index contributed by atoms with van der Waals surface area (Å²) >= 11 is 0. The molecule has 0 radical (unpaired) electrons. The van der Waals surface area contributed by atoms with Crippen LogP contribution in [-0.2, 0) is 6.61 Å². The molecule has 0 bridgehead atoms. The Balaban J connectivity index is 2.14. The summed E-state index contributed by atoms with van der Waals surface area (Å²) in [6.45, 7) is 1.16. The third-order valence-corrected chi connectivity index (χ3v) is 2.87. The summed E-state index contributed by atoms with van der Waals surface area (Å²) in [6.07, 6.45) is 3.82. The van der Waals surface area contributed by atoms with Crippen LogP contribution in [0, 0.1) is 0 Å². The molecule has 1 atom stereocenters. The Kier molecular flexibility index (Phi) is 3.18. The van der Waals surface area contributed by atoms with Gasteiger partial charge in [-0.05, 0) is 24.5 Å². The average Bonchev–Trinajstić information content (AvgIpc) is 2.77. The number of rotatable bonds is 3. The first-order chi connectivity index (χ1) is 7.35. The van der Waals surface area contributed by atoms with Gasteiger partial charge in [0.25, 0.3) is 0 Å². The summed E-state index contributed by atoms with van der Waals surface area (Å²) in [5.74, 6) is 0.892. The number of hydrogen-bond donors (Lipinski definition) is 2. The van der Waals surface area contributed by atoms with Crippen molar-refractivity contribution in [1.82, 2.24) is 4.98 Å². The number of aliphatic hydroxyl groups is 2.